The number of hydrogen-bond donors (Lipinski definition) is 1. The predicted octanol–water partition coefficient (Wildman–Crippen LogP) is 3.60. The highest BCUT2D eigenvalue weighted by atomic mass is 19.1. The minimum atomic E-state index is -0.165. The maximum absolute atomic E-state index is 13.1. The predicted molar refractivity (Wildman–Crippen MR) is 82.2 cm³/mol. The number of hydrogen-bond acceptors (Lipinski definition) is 2. The number of nitrogens with one attached hydrogen (secondary N) is 1. The number of rotatable bonds is 3. The van der Waals surface area contributed by atoms with Gasteiger partial charge in [0, 0.05) is 30.7 Å². The molecule has 2 unspecified atom stereocenters. The molecule has 1 aromatic carbocycles. The summed E-state index contributed by atoms with van der Waals surface area (Å²) in [6, 6.07) is 7.76. The summed E-state index contributed by atoms with van der Waals surface area (Å²) in [6.07, 6.45) is 0. The van der Waals surface area contributed by atoms with Crippen molar-refractivity contribution in [3.63, 3.8) is 0 Å². The summed E-state index contributed by atoms with van der Waals surface area (Å²) in [5.74, 6) is 0.434. The fourth-order valence-corrected chi connectivity index (χ4v) is 3.10. The Bertz CT molecular complexity index is 439. The Morgan fingerprint density at radius 3 is 2.35 bits per heavy atom. The third kappa shape index (κ3) is 3.39. The highest BCUT2D eigenvalue weighted by molar-refractivity contribution is 5.20. The van der Waals surface area contributed by atoms with Crippen molar-refractivity contribution >= 4 is 0 Å². The Labute approximate surface area is 122 Å². The van der Waals surface area contributed by atoms with E-state index in [1.54, 1.807) is 12.1 Å². The molecule has 1 aliphatic heterocycles. The second-order valence-corrected chi connectivity index (χ2v) is 6.98. The average molecular weight is 278 g/mol. The van der Waals surface area contributed by atoms with E-state index in [1.807, 2.05) is 12.1 Å². The molecule has 20 heavy (non-hydrogen) atoms. The van der Waals surface area contributed by atoms with E-state index in [4.69, 9.17) is 0 Å². The summed E-state index contributed by atoms with van der Waals surface area (Å²) < 4.78 is 13.1. The third-order valence-corrected chi connectivity index (χ3v) is 4.41. The summed E-state index contributed by atoms with van der Waals surface area (Å²) in [7, 11) is 0. The van der Waals surface area contributed by atoms with E-state index >= 15 is 0 Å². The van der Waals surface area contributed by atoms with Crippen LogP contribution >= 0.6 is 0 Å². The SMILES string of the molecule is CC(C)C1CNC(C)(C)CN1C(C)c1ccc(F)cc1. The van der Waals surface area contributed by atoms with Gasteiger partial charge in [0.25, 0.3) is 0 Å². The van der Waals surface area contributed by atoms with Crippen LogP contribution in [0.5, 0.6) is 0 Å². The van der Waals surface area contributed by atoms with Crippen LogP contribution in [0.1, 0.15) is 46.2 Å². The standard InChI is InChI=1S/C17H27FN2/c1-12(2)16-10-19-17(4,5)11-20(16)13(3)14-6-8-15(18)9-7-14/h6-9,12-13,16,19H,10-11H2,1-5H3. The van der Waals surface area contributed by atoms with Crippen LogP contribution in [0.4, 0.5) is 4.39 Å². The van der Waals surface area contributed by atoms with Crippen molar-refractivity contribution in [3.05, 3.63) is 35.6 Å². The summed E-state index contributed by atoms with van der Waals surface area (Å²) in [4.78, 5) is 2.56. The molecule has 1 aliphatic rings. The number of nitrogens with zero attached hydrogens (tertiary/aromatic N) is 1. The van der Waals surface area contributed by atoms with Gasteiger partial charge in [0.2, 0.25) is 0 Å². The fraction of sp³-hybridized carbons (Fsp3) is 0.647. The molecule has 0 radical (unpaired) electrons. The minimum absolute atomic E-state index is 0.125. The molecule has 1 fully saturated rings. The molecule has 0 saturated carbocycles. The molecule has 2 rings (SSSR count). The first kappa shape index (κ1) is 15.5. The molecule has 0 aromatic heterocycles. The molecule has 2 atom stereocenters. The van der Waals surface area contributed by atoms with Gasteiger partial charge in [-0.15, -0.1) is 0 Å². The van der Waals surface area contributed by atoms with Crippen molar-refractivity contribution in [2.45, 2.75) is 52.2 Å². The molecular formula is C17H27FN2. The van der Waals surface area contributed by atoms with Crippen LogP contribution < -0.4 is 5.32 Å². The Morgan fingerprint density at radius 1 is 1.20 bits per heavy atom. The number of halogens is 1. The van der Waals surface area contributed by atoms with Gasteiger partial charge in [0.15, 0.2) is 0 Å². The second kappa shape index (κ2) is 5.82. The van der Waals surface area contributed by atoms with Crippen molar-refractivity contribution in [3.8, 4) is 0 Å². The Balaban J connectivity index is 2.23. The van der Waals surface area contributed by atoms with Gasteiger partial charge in [-0.3, -0.25) is 4.90 Å². The van der Waals surface area contributed by atoms with Crippen molar-refractivity contribution in [1.29, 1.82) is 0 Å². The highest BCUT2D eigenvalue weighted by Gasteiger charge is 2.36. The van der Waals surface area contributed by atoms with E-state index in [-0.39, 0.29) is 11.4 Å². The van der Waals surface area contributed by atoms with Gasteiger partial charge in [-0.25, -0.2) is 4.39 Å². The lowest BCUT2D eigenvalue weighted by Gasteiger charge is -2.49. The lowest BCUT2D eigenvalue weighted by molar-refractivity contribution is 0.0370. The van der Waals surface area contributed by atoms with E-state index in [0.717, 1.165) is 13.1 Å². The molecule has 0 spiro atoms. The Hall–Kier alpha value is -0.930. The van der Waals surface area contributed by atoms with Crippen molar-refractivity contribution in [2.75, 3.05) is 13.1 Å². The van der Waals surface area contributed by atoms with Crippen LogP contribution in [0, 0.1) is 11.7 Å². The van der Waals surface area contributed by atoms with E-state index in [9.17, 15) is 4.39 Å². The molecule has 0 aliphatic carbocycles. The van der Waals surface area contributed by atoms with Crippen molar-refractivity contribution < 1.29 is 4.39 Å². The Morgan fingerprint density at radius 2 is 1.80 bits per heavy atom. The molecule has 0 bridgehead atoms. The molecule has 1 aromatic rings. The molecule has 1 saturated heterocycles. The number of benzene rings is 1. The van der Waals surface area contributed by atoms with E-state index in [2.05, 4.69) is 44.8 Å². The van der Waals surface area contributed by atoms with Crippen molar-refractivity contribution in [2.24, 2.45) is 5.92 Å². The van der Waals surface area contributed by atoms with Crippen molar-refractivity contribution in [1.82, 2.24) is 10.2 Å². The lowest BCUT2D eigenvalue weighted by atomic mass is 9.90. The number of piperazine rings is 1. The highest BCUT2D eigenvalue weighted by Crippen LogP contribution is 2.30. The average Bonchev–Trinajstić information content (AvgIpc) is 2.37. The minimum Gasteiger partial charge on any atom is -0.309 e. The van der Waals surface area contributed by atoms with E-state index < -0.39 is 0 Å². The van der Waals surface area contributed by atoms with Crippen LogP contribution in [-0.2, 0) is 0 Å². The van der Waals surface area contributed by atoms with E-state index in [1.165, 1.54) is 5.56 Å². The molecule has 2 nitrogen and oxygen atoms in total. The summed E-state index contributed by atoms with van der Waals surface area (Å²) in [5.41, 5.74) is 1.31. The van der Waals surface area contributed by atoms with Gasteiger partial charge in [0.1, 0.15) is 5.82 Å². The molecule has 112 valence electrons. The maximum atomic E-state index is 13.1. The van der Waals surface area contributed by atoms with Crippen LogP contribution in [0.2, 0.25) is 0 Å². The van der Waals surface area contributed by atoms with Gasteiger partial charge in [-0.1, -0.05) is 26.0 Å². The van der Waals surface area contributed by atoms with E-state index in [0.29, 0.717) is 18.0 Å². The normalized spacial score (nSPS) is 24.9. The van der Waals surface area contributed by atoms with Crippen LogP contribution in [0.15, 0.2) is 24.3 Å². The summed E-state index contributed by atoms with van der Waals surface area (Å²) in [6.45, 7) is 13.3. The quantitative estimate of drug-likeness (QED) is 0.909. The topological polar surface area (TPSA) is 15.3 Å². The molecule has 1 N–H and O–H groups in total. The first-order valence-corrected chi connectivity index (χ1v) is 7.56. The molecule has 1 heterocycles. The summed E-state index contributed by atoms with van der Waals surface area (Å²) >= 11 is 0. The Kier molecular flexibility index (Phi) is 4.50. The van der Waals surface area contributed by atoms with Crippen LogP contribution in [0.3, 0.4) is 0 Å². The lowest BCUT2D eigenvalue weighted by Crippen LogP contribution is -2.63. The molecular weight excluding hydrogens is 251 g/mol. The fourth-order valence-electron chi connectivity index (χ4n) is 3.10. The zero-order valence-corrected chi connectivity index (χ0v) is 13.3. The second-order valence-electron chi connectivity index (χ2n) is 6.98. The zero-order valence-electron chi connectivity index (χ0n) is 13.3. The monoisotopic (exact) mass is 278 g/mol. The van der Waals surface area contributed by atoms with Gasteiger partial charge >= 0.3 is 0 Å². The summed E-state index contributed by atoms with van der Waals surface area (Å²) in [5, 5.41) is 3.63. The van der Waals surface area contributed by atoms with Crippen LogP contribution in [-0.4, -0.2) is 29.6 Å². The van der Waals surface area contributed by atoms with Gasteiger partial charge in [-0.2, -0.15) is 0 Å². The first-order chi connectivity index (χ1) is 9.30. The molecule has 0 amide bonds. The first-order valence-electron chi connectivity index (χ1n) is 7.56. The smallest absolute Gasteiger partial charge is 0.123 e. The largest absolute Gasteiger partial charge is 0.309 e. The third-order valence-electron chi connectivity index (χ3n) is 4.41. The zero-order chi connectivity index (χ0) is 14.9. The van der Waals surface area contributed by atoms with Crippen LogP contribution in [0.25, 0.3) is 0 Å². The van der Waals surface area contributed by atoms with Gasteiger partial charge in [-0.05, 0) is 44.4 Å². The van der Waals surface area contributed by atoms with Gasteiger partial charge < -0.3 is 5.32 Å². The molecule has 3 heteroatoms. The van der Waals surface area contributed by atoms with Gasteiger partial charge in [0.05, 0.1) is 0 Å². The maximum Gasteiger partial charge on any atom is 0.123 e.